The maximum atomic E-state index is 11.5. The van der Waals surface area contributed by atoms with Gasteiger partial charge in [0.05, 0.1) is 19.4 Å². The van der Waals surface area contributed by atoms with Gasteiger partial charge in [0.1, 0.15) is 0 Å². The first kappa shape index (κ1) is 14.4. The highest BCUT2D eigenvalue weighted by Gasteiger charge is 2.35. The molecule has 0 aromatic carbocycles. The van der Waals surface area contributed by atoms with Gasteiger partial charge >= 0.3 is 5.82 Å². The molecule has 2 aromatic heterocycles. The van der Waals surface area contributed by atoms with Gasteiger partial charge in [-0.1, -0.05) is 6.07 Å². The third kappa shape index (κ3) is 2.53. The van der Waals surface area contributed by atoms with Crippen LogP contribution in [-0.2, 0) is 9.47 Å². The van der Waals surface area contributed by atoms with Crippen molar-refractivity contribution in [3.63, 3.8) is 0 Å². The summed E-state index contributed by atoms with van der Waals surface area (Å²) in [6, 6.07) is 5.38. The minimum Gasteiger partial charge on any atom is -0.358 e. The molecule has 4 heterocycles. The van der Waals surface area contributed by atoms with Crippen LogP contribution in [0.15, 0.2) is 24.4 Å². The van der Waals surface area contributed by atoms with Gasteiger partial charge in [-0.3, -0.25) is 0 Å². The number of nitrogens with zero attached hydrogens (tertiary/aromatic N) is 4. The molecule has 4 rings (SSSR count). The molecule has 23 heavy (non-hydrogen) atoms. The summed E-state index contributed by atoms with van der Waals surface area (Å²) in [5.74, 6) is 0.675. The highest BCUT2D eigenvalue weighted by Crippen LogP contribution is 2.33. The summed E-state index contributed by atoms with van der Waals surface area (Å²) in [5, 5.41) is 11.5. The molecule has 1 atom stereocenters. The molecular formula is C15H18N4O4. The normalized spacial score (nSPS) is 22.8. The first-order chi connectivity index (χ1) is 11.2. The number of anilines is 1. The Balaban J connectivity index is 1.67. The van der Waals surface area contributed by atoms with Crippen LogP contribution < -0.4 is 4.90 Å². The number of nitro groups is 1. The molecule has 2 aliphatic heterocycles. The van der Waals surface area contributed by atoms with Crippen molar-refractivity contribution in [1.29, 1.82) is 0 Å². The first-order valence-electron chi connectivity index (χ1n) is 7.83. The van der Waals surface area contributed by atoms with Crippen LogP contribution in [0.25, 0.3) is 5.65 Å². The van der Waals surface area contributed by atoms with Crippen molar-refractivity contribution in [2.24, 2.45) is 5.92 Å². The van der Waals surface area contributed by atoms with E-state index in [2.05, 4.69) is 4.98 Å². The molecule has 0 aliphatic carbocycles. The number of rotatable bonds is 3. The van der Waals surface area contributed by atoms with Gasteiger partial charge in [0.2, 0.25) is 11.5 Å². The Morgan fingerprint density at radius 1 is 1.30 bits per heavy atom. The summed E-state index contributed by atoms with van der Waals surface area (Å²) in [5.41, 5.74) is 0.588. The first-order valence-corrected chi connectivity index (χ1v) is 7.83. The maximum absolute atomic E-state index is 11.5. The van der Waals surface area contributed by atoms with Crippen LogP contribution >= 0.6 is 0 Å². The minimum absolute atomic E-state index is 0.0227. The predicted octanol–water partition coefficient (Wildman–Crippen LogP) is 1.83. The van der Waals surface area contributed by atoms with Crippen LogP contribution in [0.5, 0.6) is 0 Å². The molecule has 0 saturated carbocycles. The standard InChI is InChI=1S/C15H18N4O4/c20-19(21)14-13(16-12-5-1-2-7-18(12)14)17-6-3-4-11(10-17)15-22-8-9-23-15/h1-2,5,7,11,15H,3-4,6,8-10H2/t11-/m1/s1. The van der Waals surface area contributed by atoms with Gasteiger partial charge in [-0.05, 0) is 23.8 Å². The maximum Gasteiger partial charge on any atom is 0.372 e. The van der Waals surface area contributed by atoms with Crippen molar-refractivity contribution in [3.8, 4) is 0 Å². The predicted molar refractivity (Wildman–Crippen MR) is 82.5 cm³/mol. The van der Waals surface area contributed by atoms with Gasteiger partial charge in [0.25, 0.3) is 0 Å². The van der Waals surface area contributed by atoms with E-state index in [4.69, 9.17) is 9.47 Å². The zero-order valence-electron chi connectivity index (χ0n) is 12.6. The lowest BCUT2D eigenvalue weighted by Gasteiger charge is -2.34. The van der Waals surface area contributed by atoms with E-state index in [0.717, 1.165) is 19.4 Å². The Hall–Kier alpha value is -2.19. The number of pyridine rings is 1. The summed E-state index contributed by atoms with van der Waals surface area (Å²) < 4.78 is 12.7. The molecule has 0 bridgehead atoms. The van der Waals surface area contributed by atoms with Gasteiger partial charge in [-0.15, -0.1) is 0 Å². The Bertz CT molecular complexity index is 725. The van der Waals surface area contributed by atoms with Gasteiger partial charge in [0.15, 0.2) is 6.29 Å². The fraction of sp³-hybridized carbons (Fsp3) is 0.533. The summed E-state index contributed by atoms with van der Waals surface area (Å²) in [4.78, 5) is 17.7. The van der Waals surface area contributed by atoms with E-state index >= 15 is 0 Å². The van der Waals surface area contributed by atoms with Crippen molar-refractivity contribution in [2.45, 2.75) is 19.1 Å². The summed E-state index contributed by atoms with van der Waals surface area (Å²) in [6.45, 7) is 2.66. The van der Waals surface area contributed by atoms with Crippen LogP contribution in [0.1, 0.15) is 12.8 Å². The average Bonchev–Trinajstić information content (AvgIpc) is 3.22. The highest BCUT2D eigenvalue weighted by molar-refractivity contribution is 5.63. The zero-order valence-corrected chi connectivity index (χ0v) is 12.6. The quantitative estimate of drug-likeness (QED) is 0.634. The highest BCUT2D eigenvalue weighted by atomic mass is 16.7. The SMILES string of the molecule is O=[N+]([O-])c1c(N2CCC[C@@H](C3OCCO3)C2)nc2ccccn12. The summed E-state index contributed by atoms with van der Waals surface area (Å²) in [6.07, 6.45) is 3.42. The van der Waals surface area contributed by atoms with Crippen LogP contribution in [0.3, 0.4) is 0 Å². The Labute approximate surface area is 132 Å². The van der Waals surface area contributed by atoms with Gasteiger partial charge in [-0.25, -0.2) is 0 Å². The smallest absolute Gasteiger partial charge is 0.358 e. The average molecular weight is 318 g/mol. The molecule has 0 N–H and O–H groups in total. The van der Waals surface area contributed by atoms with E-state index in [-0.39, 0.29) is 22.9 Å². The van der Waals surface area contributed by atoms with Crippen molar-refractivity contribution >= 4 is 17.3 Å². The topological polar surface area (TPSA) is 82.1 Å². The lowest BCUT2D eigenvalue weighted by molar-refractivity contribution is -0.389. The van der Waals surface area contributed by atoms with Crippen LogP contribution in [0, 0.1) is 16.0 Å². The monoisotopic (exact) mass is 318 g/mol. The molecule has 0 unspecified atom stereocenters. The van der Waals surface area contributed by atoms with E-state index in [0.29, 0.717) is 31.2 Å². The van der Waals surface area contributed by atoms with Crippen molar-refractivity contribution in [2.75, 3.05) is 31.2 Å². The lowest BCUT2D eigenvalue weighted by Crippen LogP contribution is -2.41. The minimum atomic E-state index is -0.360. The van der Waals surface area contributed by atoms with Crippen molar-refractivity contribution in [1.82, 2.24) is 9.38 Å². The molecule has 8 heteroatoms. The molecule has 8 nitrogen and oxygen atoms in total. The van der Waals surface area contributed by atoms with Crippen LogP contribution in [0.2, 0.25) is 0 Å². The fourth-order valence-corrected chi connectivity index (χ4v) is 3.43. The zero-order chi connectivity index (χ0) is 15.8. The number of imidazole rings is 1. The second-order valence-corrected chi connectivity index (χ2v) is 5.90. The van der Waals surface area contributed by atoms with Crippen molar-refractivity contribution < 1.29 is 14.4 Å². The molecule has 2 aliphatic rings. The van der Waals surface area contributed by atoms with E-state index in [1.807, 2.05) is 11.0 Å². The van der Waals surface area contributed by atoms with E-state index in [9.17, 15) is 10.1 Å². The van der Waals surface area contributed by atoms with E-state index in [1.54, 1.807) is 18.3 Å². The Morgan fingerprint density at radius 2 is 2.13 bits per heavy atom. The lowest BCUT2D eigenvalue weighted by atomic mass is 9.97. The molecule has 122 valence electrons. The molecule has 2 aromatic rings. The molecule has 2 saturated heterocycles. The Morgan fingerprint density at radius 3 is 2.91 bits per heavy atom. The molecular weight excluding hydrogens is 300 g/mol. The third-order valence-corrected chi connectivity index (χ3v) is 4.45. The van der Waals surface area contributed by atoms with Crippen LogP contribution in [0.4, 0.5) is 11.6 Å². The Kier molecular flexibility index (Phi) is 3.62. The number of ether oxygens (including phenoxy) is 2. The fourth-order valence-electron chi connectivity index (χ4n) is 3.43. The van der Waals surface area contributed by atoms with Crippen LogP contribution in [-0.4, -0.2) is 46.9 Å². The number of hydrogen-bond acceptors (Lipinski definition) is 6. The molecule has 2 fully saturated rings. The molecule has 0 amide bonds. The van der Waals surface area contributed by atoms with E-state index in [1.165, 1.54) is 4.40 Å². The molecule has 0 spiro atoms. The second kappa shape index (κ2) is 5.78. The second-order valence-electron chi connectivity index (χ2n) is 5.90. The van der Waals surface area contributed by atoms with Gasteiger partial charge < -0.3 is 24.5 Å². The number of fused-ring (bicyclic) bond motifs is 1. The van der Waals surface area contributed by atoms with Crippen molar-refractivity contribution in [3.05, 3.63) is 34.5 Å². The number of hydrogen-bond donors (Lipinski definition) is 0. The summed E-state index contributed by atoms with van der Waals surface area (Å²) in [7, 11) is 0. The van der Waals surface area contributed by atoms with E-state index < -0.39 is 0 Å². The largest absolute Gasteiger partial charge is 0.372 e. The summed E-state index contributed by atoms with van der Waals surface area (Å²) >= 11 is 0. The van der Waals surface area contributed by atoms with Gasteiger partial charge in [-0.2, -0.15) is 9.38 Å². The number of piperidine rings is 1. The third-order valence-electron chi connectivity index (χ3n) is 4.45. The number of aromatic nitrogens is 2. The van der Waals surface area contributed by atoms with Gasteiger partial charge in [0, 0.05) is 25.1 Å². The molecule has 0 radical (unpaired) electrons.